The summed E-state index contributed by atoms with van der Waals surface area (Å²) in [5.74, 6) is -0.347. The zero-order chi connectivity index (χ0) is 19.7. The van der Waals surface area contributed by atoms with E-state index in [9.17, 15) is 10.1 Å². The lowest BCUT2D eigenvalue weighted by molar-refractivity contribution is 0.0982. The molecule has 0 atom stereocenters. The van der Waals surface area contributed by atoms with Gasteiger partial charge in [-0.3, -0.25) is 10.1 Å². The van der Waals surface area contributed by atoms with E-state index < -0.39 is 0 Å². The van der Waals surface area contributed by atoms with E-state index in [1.807, 2.05) is 24.3 Å². The Morgan fingerprint density at radius 2 is 1.96 bits per heavy atom. The number of hydrogen-bond acceptors (Lipinski definition) is 5. The van der Waals surface area contributed by atoms with Gasteiger partial charge in [-0.05, 0) is 49.5 Å². The first-order valence-electron chi connectivity index (χ1n) is 8.92. The van der Waals surface area contributed by atoms with Crippen molar-refractivity contribution in [3.63, 3.8) is 0 Å². The maximum absolute atomic E-state index is 12.7. The number of anilines is 1. The molecular weight excluding hydrogens is 430 g/mol. The number of amides is 1. The van der Waals surface area contributed by atoms with Crippen molar-refractivity contribution in [2.45, 2.75) is 32.1 Å². The van der Waals surface area contributed by atoms with E-state index in [1.165, 1.54) is 22.6 Å². The number of nitriles is 1. The second-order valence-corrected chi connectivity index (χ2v) is 9.47. The minimum atomic E-state index is -0.347. The van der Waals surface area contributed by atoms with E-state index in [0.717, 1.165) is 41.3 Å². The van der Waals surface area contributed by atoms with Gasteiger partial charge in [-0.2, -0.15) is 5.26 Å². The van der Waals surface area contributed by atoms with Crippen molar-refractivity contribution in [3.8, 4) is 6.07 Å². The molecule has 28 heavy (non-hydrogen) atoms. The van der Waals surface area contributed by atoms with Crippen LogP contribution in [0.1, 0.15) is 44.9 Å². The van der Waals surface area contributed by atoms with E-state index >= 15 is 0 Å². The average molecular weight is 446 g/mol. The predicted molar refractivity (Wildman–Crippen MR) is 121 cm³/mol. The van der Waals surface area contributed by atoms with E-state index in [4.69, 9.17) is 23.8 Å². The van der Waals surface area contributed by atoms with Crippen LogP contribution in [-0.2, 0) is 12.8 Å². The minimum absolute atomic E-state index is 0.173. The Morgan fingerprint density at radius 3 is 2.75 bits per heavy atom. The summed E-state index contributed by atoms with van der Waals surface area (Å²) in [6.07, 6.45) is 5.35. The van der Waals surface area contributed by atoms with Crippen LogP contribution in [0.5, 0.6) is 0 Å². The monoisotopic (exact) mass is 445 g/mol. The topological polar surface area (TPSA) is 64.9 Å². The molecule has 0 unspecified atom stereocenters. The van der Waals surface area contributed by atoms with Gasteiger partial charge in [0.1, 0.15) is 15.9 Å². The highest BCUT2D eigenvalue weighted by Crippen LogP contribution is 2.37. The number of hydrogen-bond donors (Lipinski definition) is 2. The number of carbonyl (C=O) groups is 1. The third kappa shape index (κ3) is 3.65. The van der Waals surface area contributed by atoms with Crippen molar-refractivity contribution >= 4 is 72.6 Å². The molecule has 0 fully saturated rings. The van der Waals surface area contributed by atoms with E-state index in [2.05, 4.69) is 16.7 Å². The fourth-order valence-electron chi connectivity index (χ4n) is 3.40. The molecule has 3 aromatic rings. The van der Waals surface area contributed by atoms with Crippen molar-refractivity contribution in [3.05, 3.63) is 50.2 Å². The minimum Gasteiger partial charge on any atom is -0.323 e. The highest BCUT2D eigenvalue weighted by Gasteiger charge is 2.22. The first kappa shape index (κ1) is 19.3. The third-order valence-electron chi connectivity index (χ3n) is 4.73. The lowest BCUT2D eigenvalue weighted by Crippen LogP contribution is -2.33. The number of carbonyl (C=O) groups excluding carboxylic acids is 1. The van der Waals surface area contributed by atoms with Crippen LogP contribution in [0.15, 0.2) is 24.3 Å². The molecule has 1 aromatic carbocycles. The van der Waals surface area contributed by atoms with Gasteiger partial charge >= 0.3 is 0 Å². The van der Waals surface area contributed by atoms with Crippen LogP contribution < -0.4 is 10.6 Å². The predicted octanol–water partition coefficient (Wildman–Crippen LogP) is 5.88. The Balaban J connectivity index is 1.52. The highest BCUT2D eigenvalue weighted by molar-refractivity contribution is 7.80. The number of halogens is 1. The molecule has 2 N–H and O–H groups in total. The molecule has 1 aliphatic rings. The number of thiophene rings is 2. The van der Waals surface area contributed by atoms with Crippen LogP contribution in [0.25, 0.3) is 10.1 Å². The van der Waals surface area contributed by atoms with Crippen LogP contribution >= 0.6 is 46.5 Å². The summed E-state index contributed by atoms with van der Waals surface area (Å²) in [5, 5.41) is 17.5. The summed E-state index contributed by atoms with van der Waals surface area (Å²) in [5.41, 5.74) is 1.78. The van der Waals surface area contributed by atoms with Crippen LogP contribution in [0.3, 0.4) is 0 Å². The van der Waals surface area contributed by atoms with Gasteiger partial charge in [0.25, 0.3) is 5.91 Å². The maximum atomic E-state index is 12.7. The number of rotatable bonds is 2. The normalized spacial score (nSPS) is 13.4. The molecular formula is C20H16ClN3OS3. The summed E-state index contributed by atoms with van der Waals surface area (Å²) >= 11 is 14.6. The number of thiocarbonyl (C=S) groups is 1. The quantitative estimate of drug-likeness (QED) is 0.381. The van der Waals surface area contributed by atoms with Crippen molar-refractivity contribution < 1.29 is 4.79 Å². The smallest absolute Gasteiger partial charge is 0.269 e. The molecule has 0 radical (unpaired) electrons. The van der Waals surface area contributed by atoms with Gasteiger partial charge in [0.2, 0.25) is 0 Å². The molecule has 4 nitrogen and oxygen atoms in total. The van der Waals surface area contributed by atoms with E-state index in [1.54, 1.807) is 11.3 Å². The molecule has 1 amide bonds. The molecule has 0 saturated carbocycles. The maximum Gasteiger partial charge on any atom is 0.269 e. The largest absolute Gasteiger partial charge is 0.323 e. The van der Waals surface area contributed by atoms with Gasteiger partial charge in [-0.25, -0.2) is 0 Å². The first-order chi connectivity index (χ1) is 13.6. The first-order valence-corrected chi connectivity index (χ1v) is 11.3. The average Bonchev–Trinajstić information content (AvgIpc) is 3.09. The van der Waals surface area contributed by atoms with Crippen LogP contribution in [0.2, 0.25) is 5.02 Å². The zero-order valence-electron chi connectivity index (χ0n) is 14.8. The fraction of sp³-hybridized carbons (Fsp3) is 0.250. The summed E-state index contributed by atoms with van der Waals surface area (Å²) in [7, 11) is 0. The van der Waals surface area contributed by atoms with Crippen molar-refractivity contribution in [1.29, 1.82) is 5.26 Å². The molecule has 0 bridgehead atoms. The number of nitrogens with zero attached hydrogens (tertiary/aromatic N) is 1. The number of fused-ring (bicyclic) bond motifs is 2. The highest BCUT2D eigenvalue weighted by atomic mass is 35.5. The van der Waals surface area contributed by atoms with Crippen molar-refractivity contribution in [2.24, 2.45) is 0 Å². The summed E-state index contributed by atoms with van der Waals surface area (Å²) in [4.78, 5) is 14.3. The fourth-order valence-corrected chi connectivity index (χ4v) is 6.32. The van der Waals surface area contributed by atoms with Gasteiger partial charge in [-0.15, -0.1) is 22.7 Å². The molecule has 0 aliphatic heterocycles. The summed E-state index contributed by atoms with van der Waals surface area (Å²) in [6.45, 7) is 0. The van der Waals surface area contributed by atoms with Gasteiger partial charge in [-0.1, -0.05) is 36.2 Å². The zero-order valence-corrected chi connectivity index (χ0v) is 18.0. The van der Waals surface area contributed by atoms with Gasteiger partial charge in [0.05, 0.1) is 10.6 Å². The molecule has 4 rings (SSSR count). The van der Waals surface area contributed by atoms with Crippen molar-refractivity contribution in [1.82, 2.24) is 5.32 Å². The Morgan fingerprint density at radius 1 is 1.18 bits per heavy atom. The van der Waals surface area contributed by atoms with Crippen LogP contribution in [-0.4, -0.2) is 11.0 Å². The standard InChI is InChI=1S/C20H16ClN3OS3/c21-16-12-7-4-5-9-15(12)27-17(16)18(25)23-20(26)24-19-13(10-22)11-6-2-1-3-8-14(11)28-19/h4-5,7,9H,1-3,6,8H2,(H2,23,24,25,26). The number of benzene rings is 1. The lowest BCUT2D eigenvalue weighted by atomic mass is 10.1. The molecule has 2 aromatic heterocycles. The molecule has 8 heteroatoms. The van der Waals surface area contributed by atoms with Gasteiger partial charge < -0.3 is 5.32 Å². The SMILES string of the molecule is N#Cc1c(NC(=S)NC(=O)c2sc3ccccc3c2Cl)sc2c1CCCCC2. The molecule has 142 valence electrons. The lowest BCUT2D eigenvalue weighted by Gasteiger charge is -2.08. The van der Waals surface area contributed by atoms with Gasteiger partial charge in [0, 0.05) is 15.0 Å². The van der Waals surface area contributed by atoms with Crippen molar-refractivity contribution in [2.75, 3.05) is 5.32 Å². The number of aryl methyl sites for hydroxylation is 1. The van der Waals surface area contributed by atoms with E-state index in [-0.39, 0.29) is 11.0 Å². The molecule has 0 spiro atoms. The molecule has 0 saturated heterocycles. The van der Waals surface area contributed by atoms with Crippen LogP contribution in [0, 0.1) is 11.3 Å². The molecule has 1 aliphatic carbocycles. The Hall–Kier alpha value is -1.98. The van der Waals surface area contributed by atoms with Gasteiger partial charge in [0.15, 0.2) is 5.11 Å². The Kier molecular flexibility index (Phi) is 5.65. The van der Waals surface area contributed by atoms with Crippen LogP contribution in [0.4, 0.5) is 5.00 Å². The second kappa shape index (κ2) is 8.18. The molecule has 2 heterocycles. The second-order valence-electron chi connectivity index (χ2n) is 6.53. The summed E-state index contributed by atoms with van der Waals surface area (Å²) < 4.78 is 0.949. The Labute approximate surface area is 181 Å². The Bertz CT molecular complexity index is 1130. The van der Waals surface area contributed by atoms with E-state index in [0.29, 0.717) is 20.5 Å². The third-order valence-corrected chi connectivity index (χ3v) is 7.81. The number of nitrogens with one attached hydrogen (secondary N) is 2. The summed E-state index contributed by atoms with van der Waals surface area (Å²) in [6, 6.07) is 9.92.